The first kappa shape index (κ1) is 15.1. The van der Waals surface area contributed by atoms with Crippen molar-refractivity contribution in [3.63, 3.8) is 0 Å². The normalized spacial score (nSPS) is 12.0. The van der Waals surface area contributed by atoms with Gasteiger partial charge in [0.2, 0.25) is 0 Å². The van der Waals surface area contributed by atoms with Crippen molar-refractivity contribution in [2.75, 3.05) is 5.32 Å². The zero-order chi connectivity index (χ0) is 15.6. The fraction of sp³-hybridized carbons (Fsp3) is 0.214. The van der Waals surface area contributed by atoms with Gasteiger partial charge in [0.15, 0.2) is 0 Å². The number of aryl methyl sites for hydroxylation is 1. The Morgan fingerprint density at radius 3 is 2.71 bits per heavy atom. The third-order valence-electron chi connectivity index (χ3n) is 2.88. The number of nitrogens with one attached hydrogen (secondary N) is 1. The van der Waals surface area contributed by atoms with E-state index in [1.54, 1.807) is 25.3 Å². The number of hydrogen-bond donors (Lipinski definition) is 3. The van der Waals surface area contributed by atoms with Gasteiger partial charge in [-0.25, -0.2) is 9.78 Å². The number of benzene rings is 1. The highest BCUT2D eigenvalue weighted by molar-refractivity contribution is 7.09. The topological polar surface area (TPSA) is 105 Å². The van der Waals surface area contributed by atoms with E-state index in [9.17, 15) is 9.59 Å². The van der Waals surface area contributed by atoms with E-state index in [1.807, 2.05) is 0 Å². The molecule has 7 heteroatoms. The molecule has 0 aliphatic carbocycles. The van der Waals surface area contributed by atoms with Crippen molar-refractivity contribution in [1.29, 1.82) is 0 Å². The molecule has 0 radical (unpaired) electrons. The molecule has 2 aromatic rings. The van der Waals surface area contributed by atoms with Crippen LogP contribution in [0.5, 0.6) is 0 Å². The van der Waals surface area contributed by atoms with Crippen LogP contribution in [0.3, 0.4) is 0 Å². The summed E-state index contributed by atoms with van der Waals surface area (Å²) in [6, 6.07) is 4.33. The molecular formula is C14H15N3O3S. The number of nitrogens with zero attached hydrogens (tertiary/aromatic N) is 1. The van der Waals surface area contributed by atoms with E-state index in [-0.39, 0.29) is 23.2 Å². The van der Waals surface area contributed by atoms with Gasteiger partial charge in [-0.05, 0) is 31.5 Å². The van der Waals surface area contributed by atoms with Crippen LogP contribution in [0.2, 0.25) is 0 Å². The summed E-state index contributed by atoms with van der Waals surface area (Å²) in [5.74, 6) is -1.43. The first-order chi connectivity index (χ1) is 9.88. The van der Waals surface area contributed by atoms with E-state index in [2.05, 4.69) is 10.3 Å². The Labute approximate surface area is 125 Å². The van der Waals surface area contributed by atoms with E-state index >= 15 is 0 Å². The number of nitrogens with two attached hydrogens (primary N) is 1. The summed E-state index contributed by atoms with van der Waals surface area (Å²) in [6.45, 7) is 3.58. The lowest BCUT2D eigenvalue weighted by Gasteiger charge is -2.08. The van der Waals surface area contributed by atoms with Crippen LogP contribution in [0.1, 0.15) is 44.4 Å². The van der Waals surface area contributed by atoms with Gasteiger partial charge in [-0.3, -0.25) is 4.79 Å². The first-order valence-electron chi connectivity index (χ1n) is 6.24. The quantitative estimate of drug-likeness (QED) is 0.804. The number of carbonyl (C=O) groups is 2. The van der Waals surface area contributed by atoms with E-state index in [1.165, 1.54) is 23.5 Å². The molecule has 1 aromatic carbocycles. The lowest BCUT2D eigenvalue weighted by Crippen LogP contribution is -2.14. The molecule has 2 rings (SSSR count). The largest absolute Gasteiger partial charge is 0.478 e. The average Bonchev–Trinajstić information content (AvgIpc) is 2.90. The number of anilines is 1. The summed E-state index contributed by atoms with van der Waals surface area (Å²) >= 11 is 1.32. The van der Waals surface area contributed by atoms with Crippen LogP contribution in [0.15, 0.2) is 23.6 Å². The minimum absolute atomic E-state index is 0.116. The van der Waals surface area contributed by atoms with Crippen molar-refractivity contribution in [2.45, 2.75) is 19.9 Å². The van der Waals surface area contributed by atoms with Crippen molar-refractivity contribution in [3.05, 3.63) is 45.4 Å². The van der Waals surface area contributed by atoms with Crippen molar-refractivity contribution in [2.24, 2.45) is 5.73 Å². The molecule has 110 valence electrons. The summed E-state index contributed by atoms with van der Waals surface area (Å²) in [7, 11) is 0. The molecule has 1 heterocycles. The number of thiazole rings is 1. The van der Waals surface area contributed by atoms with Gasteiger partial charge >= 0.3 is 5.97 Å². The fourth-order valence-electron chi connectivity index (χ4n) is 1.68. The standard InChI is InChI=1S/C14H15N3O3S/c1-7-3-4-9(14(19)20)5-10(7)16-12(18)11-6-21-13(17-11)8(2)15/h3-6,8H,15H2,1-2H3,(H,16,18)(H,19,20). The number of aromatic nitrogens is 1. The van der Waals surface area contributed by atoms with Gasteiger partial charge < -0.3 is 16.2 Å². The highest BCUT2D eigenvalue weighted by Crippen LogP contribution is 2.20. The van der Waals surface area contributed by atoms with Gasteiger partial charge in [-0.15, -0.1) is 11.3 Å². The van der Waals surface area contributed by atoms with Gasteiger partial charge in [0.1, 0.15) is 10.7 Å². The second-order valence-electron chi connectivity index (χ2n) is 4.65. The Balaban J connectivity index is 2.22. The molecule has 0 saturated heterocycles. The number of carboxylic acid groups (broad SMARTS) is 1. The minimum Gasteiger partial charge on any atom is -0.478 e. The summed E-state index contributed by atoms with van der Waals surface area (Å²) in [5, 5.41) is 14.0. The second-order valence-corrected chi connectivity index (χ2v) is 5.54. The molecule has 1 amide bonds. The van der Waals surface area contributed by atoms with Crippen LogP contribution in [-0.2, 0) is 0 Å². The Hall–Kier alpha value is -2.25. The maximum atomic E-state index is 12.1. The lowest BCUT2D eigenvalue weighted by molar-refractivity contribution is 0.0696. The zero-order valence-electron chi connectivity index (χ0n) is 11.6. The van der Waals surface area contributed by atoms with Crippen LogP contribution < -0.4 is 11.1 Å². The third-order valence-corrected chi connectivity index (χ3v) is 3.92. The van der Waals surface area contributed by atoms with E-state index < -0.39 is 5.97 Å². The van der Waals surface area contributed by atoms with Crippen molar-refractivity contribution in [3.8, 4) is 0 Å². The Morgan fingerprint density at radius 2 is 2.14 bits per heavy atom. The van der Waals surface area contributed by atoms with Gasteiger partial charge in [-0.1, -0.05) is 6.07 Å². The number of carbonyl (C=O) groups excluding carboxylic acids is 1. The van der Waals surface area contributed by atoms with Gasteiger partial charge in [-0.2, -0.15) is 0 Å². The van der Waals surface area contributed by atoms with E-state index in [4.69, 9.17) is 10.8 Å². The Kier molecular flexibility index (Phi) is 4.35. The molecule has 0 bridgehead atoms. The molecular weight excluding hydrogens is 290 g/mol. The second kappa shape index (κ2) is 6.02. The maximum absolute atomic E-state index is 12.1. The molecule has 4 N–H and O–H groups in total. The molecule has 0 aliphatic heterocycles. The summed E-state index contributed by atoms with van der Waals surface area (Å²) in [6.07, 6.45) is 0. The number of hydrogen-bond acceptors (Lipinski definition) is 5. The number of rotatable bonds is 4. The van der Waals surface area contributed by atoms with Crippen molar-refractivity contribution < 1.29 is 14.7 Å². The Morgan fingerprint density at radius 1 is 1.43 bits per heavy atom. The molecule has 0 aliphatic rings. The summed E-state index contributed by atoms with van der Waals surface area (Å²) < 4.78 is 0. The highest BCUT2D eigenvalue weighted by atomic mass is 32.1. The molecule has 1 atom stereocenters. The maximum Gasteiger partial charge on any atom is 0.335 e. The molecule has 21 heavy (non-hydrogen) atoms. The number of amides is 1. The van der Waals surface area contributed by atoms with E-state index in [0.717, 1.165) is 5.56 Å². The van der Waals surface area contributed by atoms with Crippen LogP contribution in [0.25, 0.3) is 0 Å². The summed E-state index contributed by atoms with van der Waals surface area (Å²) in [4.78, 5) is 27.2. The zero-order valence-corrected chi connectivity index (χ0v) is 12.4. The number of aromatic carboxylic acids is 1. The van der Waals surface area contributed by atoms with Crippen LogP contribution in [0, 0.1) is 6.92 Å². The molecule has 1 unspecified atom stereocenters. The summed E-state index contributed by atoms with van der Waals surface area (Å²) in [5.41, 5.74) is 7.32. The number of carboxylic acids is 1. The van der Waals surface area contributed by atoms with Crippen LogP contribution in [-0.4, -0.2) is 22.0 Å². The Bertz CT molecular complexity index is 695. The van der Waals surface area contributed by atoms with Crippen molar-refractivity contribution >= 4 is 28.9 Å². The minimum atomic E-state index is -1.04. The third kappa shape index (κ3) is 3.45. The van der Waals surface area contributed by atoms with Gasteiger partial charge in [0.05, 0.1) is 11.6 Å². The SMILES string of the molecule is Cc1ccc(C(=O)O)cc1NC(=O)c1csc(C(C)N)n1. The average molecular weight is 305 g/mol. The smallest absolute Gasteiger partial charge is 0.335 e. The lowest BCUT2D eigenvalue weighted by atomic mass is 10.1. The molecule has 6 nitrogen and oxygen atoms in total. The predicted octanol–water partition coefficient (Wildman–Crippen LogP) is 2.42. The predicted molar refractivity (Wildman–Crippen MR) is 80.8 cm³/mol. The van der Waals surface area contributed by atoms with Gasteiger partial charge in [0, 0.05) is 11.1 Å². The van der Waals surface area contributed by atoms with Crippen LogP contribution in [0.4, 0.5) is 5.69 Å². The van der Waals surface area contributed by atoms with Crippen molar-refractivity contribution in [1.82, 2.24) is 4.98 Å². The highest BCUT2D eigenvalue weighted by Gasteiger charge is 2.14. The fourth-order valence-corrected chi connectivity index (χ4v) is 2.43. The molecule has 0 saturated carbocycles. The monoisotopic (exact) mass is 305 g/mol. The first-order valence-corrected chi connectivity index (χ1v) is 7.12. The molecule has 1 aromatic heterocycles. The van der Waals surface area contributed by atoms with Crippen LogP contribution >= 0.6 is 11.3 Å². The van der Waals surface area contributed by atoms with E-state index in [0.29, 0.717) is 10.7 Å². The molecule has 0 fully saturated rings. The van der Waals surface area contributed by atoms with Gasteiger partial charge in [0.25, 0.3) is 5.91 Å². The molecule has 0 spiro atoms.